The Balaban J connectivity index is 0.00000108. The molecule has 1 saturated carbocycles. The van der Waals surface area contributed by atoms with Crippen LogP contribution in [-0.2, 0) is 0 Å². The van der Waals surface area contributed by atoms with Crippen molar-refractivity contribution in [2.24, 2.45) is 0 Å². The number of amides is 1. The van der Waals surface area contributed by atoms with Gasteiger partial charge in [0.25, 0.3) is 11.5 Å². The smallest absolute Gasteiger partial charge is 0.271 e. The standard InChI is InChI=1S/C11H13N3O2.ClH/c1-13-11(6-3-7-11)12-10(16)8-4-2-5-9(15)14(8)13;/h2,4-5H,3,6-7H2,1H3,(H,12,16);1H. The van der Waals surface area contributed by atoms with Crippen molar-refractivity contribution in [2.45, 2.75) is 24.9 Å². The lowest BCUT2D eigenvalue weighted by atomic mass is 9.83. The van der Waals surface area contributed by atoms with Gasteiger partial charge in [-0.15, -0.1) is 12.4 Å². The van der Waals surface area contributed by atoms with Crippen LogP contribution in [0.5, 0.6) is 0 Å². The number of carbonyl (C=O) groups is 1. The molecule has 6 heteroatoms. The molecule has 2 aliphatic rings. The van der Waals surface area contributed by atoms with Crippen molar-refractivity contribution < 1.29 is 4.79 Å². The molecule has 1 aliphatic heterocycles. The van der Waals surface area contributed by atoms with Crippen molar-refractivity contribution >= 4 is 18.3 Å². The molecule has 0 atom stereocenters. The zero-order valence-electron chi connectivity index (χ0n) is 9.47. The van der Waals surface area contributed by atoms with Crippen molar-refractivity contribution in [3.8, 4) is 0 Å². The van der Waals surface area contributed by atoms with Crippen LogP contribution in [0.3, 0.4) is 0 Å². The molecule has 1 fully saturated rings. The Morgan fingerprint density at radius 2 is 2.00 bits per heavy atom. The van der Waals surface area contributed by atoms with Gasteiger partial charge < -0.3 is 5.32 Å². The minimum Gasteiger partial charge on any atom is -0.327 e. The molecule has 1 amide bonds. The van der Waals surface area contributed by atoms with Crippen LogP contribution in [0.2, 0.25) is 0 Å². The topological polar surface area (TPSA) is 54.3 Å². The van der Waals surface area contributed by atoms with Gasteiger partial charge in [-0.25, -0.2) is 4.68 Å². The average Bonchev–Trinajstić information content (AvgIpc) is 2.21. The lowest BCUT2D eigenvalue weighted by molar-refractivity contribution is 0.0699. The first-order valence-electron chi connectivity index (χ1n) is 5.43. The number of fused-ring (bicyclic) bond motifs is 1. The second-order valence-electron chi connectivity index (χ2n) is 4.42. The number of halogens is 1. The minimum absolute atomic E-state index is 0. The molecule has 0 radical (unpaired) electrons. The second kappa shape index (κ2) is 3.77. The minimum atomic E-state index is -0.338. The Morgan fingerprint density at radius 3 is 2.59 bits per heavy atom. The summed E-state index contributed by atoms with van der Waals surface area (Å²) in [6.07, 6.45) is 2.88. The molecule has 0 aromatic carbocycles. The zero-order valence-corrected chi connectivity index (χ0v) is 10.3. The fourth-order valence-corrected chi connectivity index (χ4v) is 2.47. The number of nitrogens with zero attached hydrogens (tertiary/aromatic N) is 2. The third-order valence-electron chi connectivity index (χ3n) is 3.61. The van der Waals surface area contributed by atoms with Gasteiger partial charge in [0.05, 0.1) is 0 Å². The van der Waals surface area contributed by atoms with Crippen LogP contribution >= 0.6 is 12.4 Å². The molecule has 1 spiro atoms. The molecule has 2 heterocycles. The highest BCUT2D eigenvalue weighted by molar-refractivity contribution is 5.94. The van der Waals surface area contributed by atoms with E-state index in [4.69, 9.17) is 0 Å². The highest BCUT2D eigenvalue weighted by Crippen LogP contribution is 2.35. The van der Waals surface area contributed by atoms with Gasteiger partial charge in [0.15, 0.2) is 0 Å². The van der Waals surface area contributed by atoms with Crippen molar-refractivity contribution in [2.75, 3.05) is 12.1 Å². The van der Waals surface area contributed by atoms with Crippen LogP contribution in [0.1, 0.15) is 29.8 Å². The molecule has 0 saturated heterocycles. The van der Waals surface area contributed by atoms with Crippen molar-refractivity contribution in [1.29, 1.82) is 0 Å². The fourth-order valence-electron chi connectivity index (χ4n) is 2.47. The van der Waals surface area contributed by atoms with Gasteiger partial charge in [0, 0.05) is 13.1 Å². The highest BCUT2D eigenvalue weighted by atomic mass is 35.5. The van der Waals surface area contributed by atoms with Crippen molar-refractivity contribution in [1.82, 2.24) is 9.99 Å². The van der Waals surface area contributed by atoms with E-state index in [2.05, 4.69) is 5.32 Å². The highest BCUT2D eigenvalue weighted by Gasteiger charge is 2.46. The van der Waals surface area contributed by atoms with E-state index in [9.17, 15) is 9.59 Å². The SMILES string of the molecule is CN1n2c(cccc2=O)C(=O)NC12CCC2.Cl. The Kier molecular flexibility index (Phi) is 2.66. The zero-order chi connectivity index (χ0) is 11.3. The van der Waals surface area contributed by atoms with Crippen LogP contribution in [0.25, 0.3) is 0 Å². The van der Waals surface area contributed by atoms with Crippen LogP contribution in [-0.4, -0.2) is 23.3 Å². The molecule has 1 N–H and O–H groups in total. The fraction of sp³-hybridized carbons (Fsp3) is 0.455. The van der Waals surface area contributed by atoms with Crippen LogP contribution < -0.4 is 15.9 Å². The summed E-state index contributed by atoms with van der Waals surface area (Å²) < 4.78 is 1.47. The number of hydrogen-bond acceptors (Lipinski definition) is 3. The second-order valence-corrected chi connectivity index (χ2v) is 4.42. The Hall–Kier alpha value is -1.49. The maximum absolute atomic E-state index is 11.9. The first kappa shape index (κ1) is 12.0. The number of aromatic nitrogens is 1. The van der Waals surface area contributed by atoms with Gasteiger partial charge in [-0.1, -0.05) is 6.07 Å². The molecule has 3 rings (SSSR count). The summed E-state index contributed by atoms with van der Waals surface area (Å²) in [5.74, 6) is -0.157. The van der Waals surface area contributed by atoms with Crippen molar-refractivity contribution in [3.63, 3.8) is 0 Å². The number of rotatable bonds is 0. The molecule has 17 heavy (non-hydrogen) atoms. The Morgan fingerprint density at radius 1 is 1.29 bits per heavy atom. The first-order valence-corrected chi connectivity index (χ1v) is 5.43. The molecule has 5 nitrogen and oxygen atoms in total. The summed E-state index contributed by atoms with van der Waals surface area (Å²) in [4.78, 5) is 23.7. The maximum Gasteiger partial charge on any atom is 0.271 e. The van der Waals surface area contributed by atoms with Crippen molar-refractivity contribution in [3.05, 3.63) is 34.2 Å². The molecule has 0 bridgehead atoms. The number of carbonyl (C=O) groups excluding carboxylic acids is 1. The largest absolute Gasteiger partial charge is 0.327 e. The van der Waals surface area contributed by atoms with E-state index < -0.39 is 0 Å². The van der Waals surface area contributed by atoms with Gasteiger partial charge in [-0.3, -0.25) is 14.6 Å². The Bertz CT molecular complexity index is 522. The molecular weight excluding hydrogens is 242 g/mol. The average molecular weight is 256 g/mol. The molecule has 0 unspecified atom stereocenters. The molecule has 1 aromatic rings. The molecule has 1 aromatic heterocycles. The first-order chi connectivity index (χ1) is 7.64. The lowest BCUT2D eigenvalue weighted by Gasteiger charge is -2.52. The monoisotopic (exact) mass is 255 g/mol. The molecule has 92 valence electrons. The number of pyridine rings is 1. The maximum atomic E-state index is 11.9. The number of nitrogens with one attached hydrogen (secondary N) is 1. The predicted molar refractivity (Wildman–Crippen MR) is 66.1 cm³/mol. The van der Waals surface area contributed by atoms with Crippen LogP contribution in [0.15, 0.2) is 23.0 Å². The number of hydrogen-bond donors (Lipinski definition) is 1. The van der Waals surface area contributed by atoms with Gasteiger partial charge >= 0.3 is 0 Å². The van der Waals surface area contributed by atoms with Crippen LogP contribution in [0, 0.1) is 0 Å². The summed E-state index contributed by atoms with van der Waals surface area (Å²) >= 11 is 0. The summed E-state index contributed by atoms with van der Waals surface area (Å²) in [7, 11) is 1.85. The van der Waals surface area contributed by atoms with Gasteiger partial charge in [0.1, 0.15) is 11.4 Å². The van der Waals surface area contributed by atoms with E-state index in [1.165, 1.54) is 10.7 Å². The third kappa shape index (κ3) is 1.45. The van der Waals surface area contributed by atoms with Gasteiger partial charge in [-0.2, -0.15) is 0 Å². The Labute approximate surface area is 105 Å². The van der Waals surface area contributed by atoms with Gasteiger partial charge in [-0.05, 0) is 25.3 Å². The lowest BCUT2D eigenvalue weighted by Crippen LogP contribution is -2.72. The normalized spacial score (nSPS) is 20.1. The predicted octanol–water partition coefficient (Wildman–Crippen LogP) is 0.461. The van der Waals surface area contributed by atoms with E-state index >= 15 is 0 Å². The summed E-state index contributed by atoms with van der Waals surface area (Å²) in [6.45, 7) is 0. The van der Waals surface area contributed by atoms with Crippen LogP contribution in [0.4, 0.5) is 0 Å². The molecule has 1 aliphatic carbocycles. The van der Waals surface area contributed by atoms with Gasteiger partial charge in [0.2, 0.25) is 0 Å². The van der Waals surface area contributed by atoms with E-state index in [-0.39, 0.29) is 29.5 Å². The summed E-state index contributed by atoms with van der Waals surface area (Å²) in [5, 5.41) is 4.85. The molecular formula is C11H14ClN3O2. The summed E-state index contributed by atoms with van der Waals surface area (Å²) in [5.41, 5.74) is -0.0800. The van der Waals surface area contributed by atoms with E-state index in [0.717, 1.165) is 19.3 Å². The van der Waals surface area contributed by atoms with E-state index in [1.54, 1.807) is 12.1 Å². The summed E-state index contributed by atoms with van der Waals surface area (Å²) in [6, 6.07) is 4.75. The van der Waals surface area contributed by atoms with E-state index in [1.807, 2.05) is 12.1 Å². The van der Waals surface area contributed by atoms with E-state index in [0.29, 0.717) is 5.69 Å². The third-order valence-corrected chi connectivity index (χ3v) is 3.61. The quantitative estimate of drug-likeness (QED) is 0.733.